The molecule has 0 aliphatic carbocycles. The Bertz CT molecular complexity index is 446. The number of rotatable bonds is 4. The van der Waals surface area contributed by atoms with Gasteiger partial charge in [-0.2, -0.15) is 0 Å². The van der Waals surface area contributed by atoms with Crippen LogP contribution in [-0.4, -0.2) is 28.0 Å². The zero-order valence-electron chi connectivity index (χ0n) is 10.8. The Balaban J connectivity index is 2.31. The maximum atomic E-state index is 12.3. The van der Waals surface area contributed by atoms with E-state index in [1.807, 2.05) is 0 Å². The van der Waals surface area contributed by atoms with Crippen LogP contribution in [-0.2, 0) is 6.54 Å². The molecule has 0 radical (unpaired) electrons. The molecule has 1 atom stereocenters. The van der Waals surface area contributed by atoms with E-state index in [0.29, 0.717) is 11.7 Å². The van der Waals surface area contributed by atoms with Crippen LogP contribution in [0, 0.1) is 0 Å². The molecule has 1 aromatic rings. The van der Waals surface area contributed by atoms with Crippen molar-refractivity contribution in [3.05, 3.63) is 22.7 Å². The molecule has 100 valence electrons. The largest absolute Gasteiger partial charge is 0.348 e. The van der Waals surface area contributed by atoms with Crippen molar-refractivity contribution in [2.45, 2.75) is 45.2 Å². The molecule has 5 heteroatoms. The van der Waals surface area contributed by atoms with Gasteiger partial charge in [-0.05, 0) is 25.7 Å². The first-order valence-corrected chi connectivity index (χ1v) is 7.19. The van der Waals surface area contributed by atoms with Gasteiger partial charge < -0.3 is 9.47 Å². The molecule has 2 heterocycles. The molecule has 1 aromatic heterocycles. The standard InChI is InChI=1S/C13H20ClN3O/c1-2-7-16-9-6-15-12(13(16)18)17-8-4-3-5-11(17)10-14/h6,9,11H,2-5,7-8,10H2,1H3. The summed E-state index contributed by atoms with van der Waals surface area (Å²) in [6.45, 7) is 3.69. The summed E-state index contributed by atoms with van der Waals surface area (Å²) in [5.74, 6) is 1.13. The van der Waals surface area contributed by atoms with E-state index in [2.05, 4.69) is 16.8 Å². The van der Waals surface area contributed by atoms with Crippen LogP contribution < -0.4 is 10.5 Å². The number of aromatic nitrogens is 2. The fourth-order valence-corrected chi connectivity index (χ4v) is 2.81. The van der Waals surface area contributed by atoms with Gasteiger partial charge in [0.25, 0.3) is 5.56 Å². The van der Waals surface area contributed by atoms with Crippen molar-refractivity contribution >= 4 is 17.4 Å². The van der Waals surface area contributed by atoms with E-state index in [1.165, 1.54) is 6.42 Å². The normalized spacial score (nSPS) is 20.1. The molecular formula is C13H20ClN3O. The van der Waals surface area contributed by atoms with Crippen LogP contribution in [0.15, 0.2) is 17.2 Å². The lowest BCUT2D eigenvalue weighted by atomic mass is 10.0. The third-order valence-corrected chi connectivity index (χ3v) is 3.79. The molecule has 1 saturated heterocycles. The molecule has 1 unspecified atom stereocenters. The Morgan fingerprint density at radius 2 is 2.33 bits per heavy atom. The average molecular weight is 270 g/mol. The molecule has 18 heavy (non-hydrogen) atoms. The summed E-state index contributed by atoms with van der Waals surface area (Å²) in [5.41, 5.74) is 0.0105. The number of hydrogen-bond acceptors (Lipinski definition) is 3. The number of hydrogen-bond donors (Lipinski definition) is 0. The van der Waals surface area contributed by atoms with Crippen molar-refractivity contribution in [1.29, 1.82) is 0 Å². The van der Waals surface area contributed by atoms with E-state index in [4.69, 9.17) is 11.6 Å². The Labute approximate surface area is 113 Å². The summed E-state index contributed by atoms with van der Waals surface area (Å²) in [4.78, 5) is 18.7. The fraction of sp³-hybridized carbons (Fsp3) is 0.692. The lowest BCUT2D eigenvalue weighted by Gasteiger charge is -2.35. The molecule has 0 bridgehead atoms. The summed E-state index contributed by atoms with van der Waals surface area (Å²) in [5, 5.41) is 0. The molecule has 1 fully saturated rings. The van der Waals surface area contributed by atoms with Gasteiger partial charge in [-0.1, -0.05) is 6.92 Å². The summed E-state index contributed by atoms with van der Waals surface area (Å²) in [7, 11) is 0. The zero-order valence-corrected chi connectivity index (χ0v) is 11.6. The first kappa shape index (κ1) is 13.4. The number of piperidine rings is 1. The lowest BCUT2D eigenvalue weighted by Crippen LogP contribution is -2.44. The van der Waals surface area contributed by atoms with Crippen LogP contribution in [0.2, 0.25) is 0 Å². The van der Waals surface area contributed by atoms with Crippen LogP contribution in [0.25, 0.3) is 0 Å². The van der Waals surface area contributed by atoms with Crippen molar-refractivity contribution in [3.63, 3.8) is 0 Å². The van der Waals surface area contributed by atoms with Crippen LogP contribution >= 0.6 is 11.6 Å². The van der Waals surface area contributed by atoms with Gasteiger partial charge in [-0.15, -0.1) is 11.6 Å². The smallest absolute Gasteiger partial charge is 0.293 e. The number of aryl methyl sites for hydroxylation is 1. The predicted molar refractivity (Wildman–Crippen MR) is 74.5 cm³/mol. The first-order chi connectivity index (χ1) is 8.77. The minimum atomic E-state index is 0.0105. The van der Waals surface area contributed by atoms with E-state index in [1.54, 1.807) is 17.0 Å². The van der Waals surface area contributed by atoms with Gasteiger partial charge in [0.1, 0.15) is 0 Å². The highest BCUT2D eigenvalue weighted by molar-refractivity contribution is 6.18. The summed E-state index contributed by atoms with van der Waals surface area (Å²) >= 11 is 6.00. The highest BCUT2D eigenvalue weighted by Crippen LogP contribution is 2.21. The first-order valence-electron chi connectivity index (χ1n) is 6.66. The third-order valence-electron chi connectivity index (χ3n) is 3.44. The van der Waals surface area contributed by atoms with Gasteiger partial charge in [0.15, 0.2) is 5.82 Å². The minimum absolute atomic E-state index is 0.0105. The number of alkyl halides is 1. The van der Waals surface area contributed by atoms with E-state index < -0.39 is 0 Å². The summed E-state index contributed by atoms with van der Waals surface area (Å²) in [6, 6.07) is 0.248. The molecule has 1 aliphatic rings. The van der Waals surface area contributed by atoms with Crippen LogP contribution in [0.1, 0.15) is 32.6 Å². The minimum Gasteiger partial charge on any atom is -0.348 e. The fourth-order valence-electron chi connectivity index (χ4n) is 2.49. The van der Waals surface area contributed by atoms with Gasteiger partial charge >= 0.3 is 0 Å². The Hall–Kier alpha value is -1.03. The SMILES string of the molecule is CCCn1ccnc(N2CCCCC2CCl)c1=O. The maximum absolute atomic E-state index is 12.3. The topological polar surface area (TPSA) is 38.1 Å². The van der Waals surface area contributed by atoms with Crippen molar-refractivity contribution in [3.8, 4) is 0 Å². The van der Waals surface area contributed by atoms with E-state index in [9.17, 15) is 4.79 Å². The van der Waals surface area contributed by atoms with Crippen LogP contribution in [0.3, 0.4) is 0 Å². The van der Waals surface area contributed by atoms with E-state index in [0.717, 1.165) is 32.4 Å². The van der Waals surface area contributed by atoms with Gasteiger partial charge in [0.05, 0.1) is 0 Å². The van der Waals surface area contributed by atoms with Crippen molar-refractivity contribution in [2.75, 3.05) is 17.3 Å². The molecule has 2 rings (SSSR count). The Morgan fingerprint density at radius 3 is 3.06 bits per heavy atom. The highest BCUT2D eigenvalue weighted by Gasteiger charge is 2.25. The molecular weight excluding hydrogens is 250 g/mol. The van der Waals surface area contributed by atoms with Gasteiger partial charge in [0.2, 0.25) is 0 Å². The summed E-state index contributed by atoms with van der Waals surface area (Å²) in [6.07, 6.45) is 7.76. The molecule has 0 aromatic carbocycles. The highest BCUT2D eigenvalue weighted by atomic mass is 35.5. The second kappa shape index (κ2) is 6.23. The Kier molecular flexibility index (Phi) is 4.64. The van der Waals surface area contributed by atoms with Gasteiger partial charge in [-0.3, -0.25) is 4.79 Å². The second-order valence-corrected chi connectivity index (χ2v) is 5.06. The number of nitrogens with zero attached hydrogens (tertiary/aromatic N) is 3. The zero-order chi connectivity index (χ0) is 13.0. The quantitative estimate of drug-likeness (QED) is 0.787. The van der Waals surface area contributed by atoms with E-state index >= 15 is 0 Å². The number of anilines is 1. The third kappa shape index (κ3) is 2.69. The van der Waals surface area contributed by atoms with Crippen molar-refractivity contribution in [2.24, 2.45) is 0 Å². The molecule has 0 amide bonds. The molecule has 0 N–H and O–H groups in total. The Morgan fingerprint density at radius 1 is 1.50 bits per heavy atom. The van der Waals surface area contributed by atoms with Crippen molar-refractivity contribution in [1.82, 2.24) is 9.55 Å². The van der Waals surface area contributed by atoms with E-state index in [-0.39, 0.29) is 11.6 Å². The molecule has 0 spiro atoms. The average Bonchev–Trinajstić information content (AvgIpc) is 2.41. The molecule has 4 nitrogen and oxygen atoms in total. The monoisotopic (exact) mass is 269 g/mol. The summed E-state index contributed by atoms with van der Waals surface area (Å²) < 4.78 is 1.74. The number of halogens is 1. The molecule has 1 aliphatic heterocycles. The lowest BCUT2D eigenvalue weighted by molar-refractivity contribution is 0.480. The van der Waals surface area contributed by atoms with Gasteiger partial charge in [-0.25, -0.2) is 4.98 Å². The predicted octanol–water partition coefficient (Wildman–Crippen LogP) is 2.25. The van der Waals surface area contributed by atoms with Crippen LogP contribution in [0.5, 0.6) is 0 Å². The van der Waals surface area contributed by atoms with Crippen molar-refractivity contribution < 1.29 is 0 Å². The van der Waals surface area contributed by atoms with Gasteiger partial charge in [0, 0.05) is 37.4 Å². The van der Waals surface area contributed by atoms with Crippen LogP contribution in [0.4, 0.5) is 5.82 Å². The maximum Gasteiger partial charge on any atom is 0.293 e. The molecule has 0 saturated carbocycles. The second-order valence-electron chi connectivity index (χ2n) is 4.75.